The van der Waals surface area contributed by atoms with Crippen molar-refractivity contribution in [1.82, 2.24) is 10.2 Å². The molecule has 2 aromatic carbocycles. The maximum atomic E-state index is 13.0. The first-order chi connectivity index (χ1) is 13.1. The summed E-state index contributed by atoms with van der Waals surface area (Å²) < 4.78 is 5.16. The van der Waals surface area contributed by atoms with E-state index in [2.05, 4.69) is 5.32 Å². The molecule has 0 fully saturated rings. The van der Waals surface area contributed by atoms with Crippen LogP contribution < -0.4 is 10.1 Å². The fourth-order valence-electron chi connectivity index (χ4n) is 3.08. The maximum Gasteiger partial charge on any atom is 0.242 e. The third-order valence-electron chi connectivity index (χ3n) is 4.63. The quantitative estimate of drug-likeness (QED) is 0.740. The van der Waals surface area contributed by atoms with E-state index in [0.717, 1.165) is 16.9 Å². The van der Waals surface area contributed by atoms with Gasteiger partial charge in [-0.05, 0) is 36.1 Å². The molecular formula is C22H28N2O3. The zero-order chi connectivity index (χ0) is 19.6. The summed E-state index contributed by atoms with van der Waals surface area (Å²) in [6.07, 6.45) is 1.54. The topological polar surface area (TPSA) is 58.6 Å². The van der Waals surface area contributed by atoms with Crippen LogP contribution in [0, 0.1) is 0 Å². The molecule has 2 amide bonds. The highest BCUT2D eigenvalue weighted by Gasteiger charge is 2.27. The Kier molecular flexibility index (Phi) is 7.86. The monoisotopic (exact) mass is 368 g/mol. The Labute approximate surface area is 161 Å². The van der Waals surface area contributed by atoms with E-state index < -0.39 is 6.04 Å². The summed E-state index contributed by atoms with van der Waals surface area (Å²) in [5.41, 5.74) is 2.05. The lowest BCUT2D eigenvalue weighted by atomic mass is 10.1. The highest BCUT2D eigenvalue weighted by atomic mass is 16.5. The van der Waals surface area contributed by atoms with E-state index in [9.17, 15) is 9.59 Å². The lowest BCUT2D eigenvalue weighted by Gasteiger charge is -2.30. The Bertz CT molecular complexity index is 729. The molecule has 144 valence electrons. The SMILES string of the molecule is CCC(C(=O)NC)N(CCc1ccccc1)C(=O)Cc1ccc(OC)cc1. The van der Waals surface area contributed by atoms with E-state index in [0.29, 0.717) is 19.4 Å². The average Bonchev–Trinajstić information content (AvgIpc) is 2.71. The zero-order valence-electron chi connectivity index (χ0n) is 16.3. The highest BCUT2D eigenvalue weighted by Crippen LogP contribution is 2.15. The number of amides is 2. The van der Waals surface area contributed by atoms with Crippen LogP contribution in [0.3, 0.4) is 0 Å². The van der Waals surface area contributed by atoms with Gasteiger partial charge in [0, 0.05) is 13.6 Å². The summed E-state index contributed by atoms with van der Waals surface area (Å²) in [5, 5.41) is 2.68. The summed E-state index contributed by atoms with van der Waals surface area (Å²) in [6.45, 7) is 2.43. The molecule has 2 rings (SSSR count). The van der Waals surface area contributed by atoms with Gasteiger partial charge in [0.05, 0.1) is 13.5 Å². The van der Waals surface area contributed by atoms with E-state index >= 15 is 0 Å². The first-order valence-corrected chi connectivity index (χ1v) is 9.27. The van der Waals surface area contributed by atoms with Crippen LogP contribution in [0.5, 0.6) is 5.75 Å². The van der Waals surface area contributed by atoms with E-state index in [1.54, 1.807) is 19.1 Å². The molecule has 0 aromatic heterocycles. The summed E-state index contributed by atoms with van der Waals surface area (Å²) in [6, 6.07) is 17.0. The lowest BCUT2D eigenvalue weighted by molar-refractivity contribution is -0.140. The Morgan fingerprint density at radius 3 is 2.26 bits per heavy atom. The van der Waals surface area contributed by atoms with Crippen molar-refractivity contribution >= 4 is 11.8 Å². The number of hydrogen-bond donors (Lipinski definition) is 1. The van der Waals surface area contributed by atoms with Gasteiger partial charge in [0.25, 0.3) is 0 Å². The van der Waals surface area contributed by atoms with Crippen LogP contribution >= 0.6 is 0 Å². The van der Waals surface area contributed by atoms with Gasteiger partial charge in [-0.1, -0.05) is 49.4 Å². The minimum absolute atomic E-state index is 0.0495. The number of likely N-dealkylation sites (N-methyl/N-ethyl adjacent to an activating group) is 1. The fourth-order valence-corrected chi connectivity index (χ4v) is 3.08. The van der Waals surface area contributed by atoms with Gasteiger partial charge in [0.2, 0.25) is 11.8 Å². The van der Waals surface area contributed by atoms with Crippen LogP contribution in [0.1, 0.15) is 24.5 Å². The third-order valence-corrected chi connectivity index (χ3v) is 4.63. The minimum Gasteiger partial charge on any atom is -0.497 e. The molecule has 5 nitrogen and oxygen atoms in total. The molecule has 0 aliphatic carbocycles. The van der Waals surface area contributed by atoms with Gasteiger partial charge in [0.15, 0.2) is 0 Å². The third kappa shape index (κ3) is 5.84. The average molecular weight is 368 g/mol. The molecule has 0 aliphatic heterocycles. The molecular weight excluding hydrogens is 340 g/mol. The lowest BCUT2D eigenvalue weighted by Crippen LogP contribution is -2.49. The molecule has 0 saturated carbocycles. The summed E-state index contributed by atoms with van der Waals surface area (Å²) in [7, 11) is 3.22. The molecule has 1 atom stereocenters. The van der Waals surface area contributed by atoms with E-state index in [-0.39, 0.29) is 18.2 Å². The second kappa shape index (κ2) is 10.4. The number of nitrogens with zero attached hydrogens (tertiary/aromatic N) is 1. The van der Waals surface area contributed by atoms with Gasteiger partial charge in [0.1, 0.15) is 11.8 Å². The number of benzene rings is 2. The predicted octanol–water partition coefficient (Wildman–Crippen LogP) is 2.83. The Balaban J connectivity index is 2.15. The largest absolute Gasteiger partial charge is 0.497 e. The normalized spacial score (nSPS) is 11.5. The second-order valence-electron chi connectivity index (χ2n) is 6.39. The fraction of sp³-hybridized carbons (Fsp3) is 0.364. The van der Waals surface area contributed by atoms with Gasteiger partial charge in [-0.2, -0.15) is 0 Å². The van der Waals surface area contributed by atoms with Gasteiger partial charge in [-0.25, -0.2) is 0 Å². The van der Waals surface area contributed by atoms with E-state index in [1.165, 1.54) is 0 Å². The molecule has 0 saturated heterocycles. The molecule has 0 bridgehead atoms. The van der Waals surface area contributed by atoms with Crippen molar-refractivity contribution in [1.29, 1.82) is 0 Å². The Morgan fingerprint density at radius 1 is 1.04 bits per heavy atom. The first-order valence-electron chi connectivity index (χ1n) is 9.27. The number of rotatable bonds is 9. The molecule has 2 aromatic rings. The van der Waals surface area contributed by atoms with Gasteiger partial charge in [-0.15, -0.1) is 0 Å². The van der Waals surface area contributed by atoms with Crippen LogP contribution in [0.15, 0.2) is 54.6 Å². The molecule has 0 radical (unpaired) electrons. The zero-order valence-corrected chi connectivity index (χ0v) is 16.3. The molecule has 0 spiro atoms. The molecule has 27 heavy (non-hydrogen) atoms. The van der Waals surface area contributed by atoms with E-state index in [4.69, 9.17) is 4.74 Å². The maximum absolute atomic E-state index is 13.0. The van der Waals surface area contributed by atoms with Crippen molar-refractivity contribution in [3.63, 3.8) is 0 Å². The van der Waals surface area contributed by atoms with Crippen molar-refractivity contribution in [3.05, 3.63) is 65.7 Å². The van der Waals surface area contributed by atoms with Gasteiger partial charge < -0.3 is 15.0 Å². The summed E-state index contributed by atoms with van der Waals surface area (Å²) in [4.78, 5) is 27.0. The highest BCUT2D eigenvalue weighted by molar-refractivity contribution is 5.88. The van der Waals surface area contributed by atoms with E-state index in [1.807, 2.05) is 61.5 Å². The first kappa shape index (κ1) is 20.5. The van der Waals surface area contributed by atoms with Gasteiger partial charge in [-0.3, -0.25) is 9.59 Å². The second-order valence-corrected chi connectivity index (χ2v) is 6.39. The van der Waals surface area contributed by atoms with Crippen LogP contribution in [-0.4, -0.2) is 43.5 Å². The van der Waals surface area contributed by atoms with Crippen molar-refractivity contribution < 1.29 is 14.3 Å². The van der Waals surface area contributed by atoms with Crippen LogP contribution in [-0.2, 0) is 22.4 Å². The molecule has 0 heterocycles. The smallest absolute Gasteiger partial charge is 0.242 e. The van der Waals surface area contributed by atoms with Crippen LogP contribution in [0.4, 0.5) is 0 Å². The van der Waals surface area contributed by atoms with Crippen LogP contribution in [0.2, 0.25) is 0 Å². The number of methoxy groups -OCH3 is 1. The van der Waals surface area contributed by atoms with Gasteiger partial charge >= 0.3 is 0 Å². The number of nitrogens with one attached hydrogen (secondary N) is 1. The number of carbonyl (C=O) groups excluding carboxylic acids is 2. The van der Waals surface area contributed by atoms with Crippen molar-refractivity contribution in [2.24, 2.45) is 0 Å². The molecule has 0 aliphatic rings. The van der Waals surface area contributed by atoms with Crippen molar-refractivity contribution in [2.75, 3.05) is 20.7 Å². The summed E-state index contributed by atoms with van der Waals surface area (Å²) >= 11 is 0. The molecule has 1 unspecified atom stereocenters. The molecule has 5 heteroatoms. The van der Waals surface area contributed by atoms with Crippen LogP contribution in [0.25, 0.3) is 0 Å². The minimum atomic E-state index is -0.468. The van der Waals surface area contributed by atoms with Crippen molar-refractivity contribution in [2.45, 2.75) is 32.2 Å². The standard InChI is InChI=1S/C22H28N2O3/c1-4-20(22(26)23-2)24(15-14-17-8-6-5-7-9-17)21(25)16-18-10-12-19(27-3)13-11-18/h5-13,20H,4,14-16H2,1-3H3,(H,23,26). The summed E-state index contributed by atoms with van der Waals surface area (Å²) in [5.74, 6) is 0.573. The predicted molar refractivity (Wildman–Crippen MR) is 107 cm³/mol. The Morgan fingerprint density at radius 2 is 1.70 bits per heavy atom. The number of hydrogen-bond acceptors (Lipinski definition) is 3. The Hall–Kier alpha value is -2.82. The number of carbonyl (C=O) groups is 2. The molecule has 1 N–H and O–H groups in total. The van der Waals surface area contributed by atoms with Crippen molar-refractivity contribution in [3.8, 4) is 5.75 Å². The number of ether oxygens (including phenoxy) is 1.